The van der Waals surface area contributed by atoms with Crippen molar-refractivity contribution < 1.29 is 4.74 Å². The van der Waals surface area contributed by atoms with Crippen LogP contribution in [0.15, 0.2) is 0 Å². The molecule has 0 amide bonds. The highest BCUT2D eigenvalue weighted by Gasteiger charge is 2.11. The Hall–Kier alpha value is -0.0800. The molecule has 54 valence electrons. The predicted molar refractivity (Wildman–Crippen MR) is 37.5 cm³/mol. The highest BCUT2D eigenvalue weighted by atomic mass is 16.5. The van der Waals surface area contributed by atoms with Crippen molar-refractivity contribution in [3.8, 4) is 0 Å². The summed E-state index contributed by atoms with van der Waals surface area (Å²) in [6, 6.07) is 0. The van der Waals surface area contributed by atoms with Gasteiger partial charge in [-0.15, -0.1) is 0 Å². The van der Waals surface area contributed by atoms with Crippen LogP contribution in [0.1, 0.15) is 12.8 Å². The van der Waals surface area contributed by atoms with Gasteiger partial charge in [-0.2, -0.15) is 0 Å². The SMILES string of the molecule is CNCC1CCOCC1. The van der Waals surface area contributed by atoms with Crippen molar-refractivity contribution in [1.29, 1.82) is 0 Å². The van der Waals surface area contributed by atoms with Crippen LogP contribution in [-0.4, -0.2) is 26.8 Å². The Morgan fingerprint density at radius 2 is 2.11 bits per heavy atom. The summed E-state index contributed by atoms with van der Waals surface area (Å²) in [6.45, 7) is 3.09. The van der Waals surface area contributed by atoms with Crippen molar-refractivity contribution in [2.24, 2.45) is 5.92 Å². The van der Waals surface area contributed by atoms with E-state index in [-0.39, 0.29) is 0 Å². The third-order valence-electron chi connectivity index (χ3n) is 1.83. The average molecular weight is 129 g/mol. The lowest BCUT2D eigenvalue weighted by Crippen LogP contribution is -2.25. The molecule has 2 nitrogen and oxygen atoms in total. The smallest absolute Gasteiger partial charge is 0.0469 e. The molecule has 0 aromatic heterocycles. The summed E-state index contributed by atoms with van der Waals surface area (Å²) in [4.78, 5) is 0. The summed E-state index contributed by atoms with van der Waals surface area (Å²) in [5.41, 5.74) is 0. The maximum absolute atomic E-state index is 5.22. The van der Waals surface area contributed by atoms with Gasteiger partial charge in [-0.1, -0.05) is 0 Å². The molecular formula is C7H15NO. The summed E-state index contributed by atoms with van der Waals surface area (Å²) in [5.74, 6) is 0.865. The summed E-state index contributed by atoms with van der Waals surface area (Å²) in [6.07, 6.45) is 2.47. The Labute approximate surface area is 56.6 Å². The Kier molecular flexibility index (Phi) is 3.01. The molecule has 1 aliphatic rings. The molecule has 0 radical (unpaired) electrons. The molecule has 0 bridgehead atoms. The van der Waals surface area contributed by atoms with Crippen LogP contribution >= 0.6 is 0 Å². The molecule has 0 atom stereocenters. The van der Waals surface area contributed by atoms with Gasteiger partial charge in [0.1, 0.15) is 0 Å². The van der Waals surface area contributed by atoms with Crippen LogP contribution in [-0.2, 0) is 4.74 Å². The largest absolute Gasteiger partial charge is 0.381 e. The van der Waals surface area contributed by atoms with Gasteiger partial charge < -0.3 is 10.1 Å². The van der Waals surface area contributed by atoms with Crippen LogP contribution in [0.25, 0.3) is 0 Å². The Balaban J connectivity index is 2.08. The molecular weight excluding hydrogens is 114 g/mol. The fourth-order valence-electron chi connectivity index (χ4n) is 1.24. The first kappa shape index (κ1) is 7.03. The van der Waals surface area contributed by atoms with Gasteiger partial charge in [-0.05, 0) is 32.4 Å². The quantitative estimate of drug-likeness (QED) is 0.590. The zero-order valence-electron chi connectivity index (χ0n) is 6.02. The minimum atomic E-state index is 0.865. The molecule has 1 N–H and O–H groups in total. The predicted octanol–water partition coefficient (Wildman–Crippen LogP) is 0.632. The molecule has 0 saturated carbocycles. The minimum Gasteiger partial charge on any atom is -0.381 e. The van der Waals surface area contributed by atoms with Crippen molar-refractivity contribution >= 4 is 0 Å². The highest BCUT2D eigenvalue weighted by Crippen LogP contribution is 2.12. The molecule has 1 fully saturated rings. The number of ether oxygens (including phenoxy) is 1. The lowest BCUT2D eigenvalue weighted by atomic mass is 10.0. The van der Waals surface area contributed by atoms with Crippen molar-refractivity contribution in [2.45, 2.75) is 12.8 Å². The number of nitrogens with one attached hydrogen (secondary N) is 1. The van der Waals surface area contributed by atoms with Crippen LogP contribution in [0.5, 0.6) is 0 Å². The average Bonchev–Trinajstić information content (AvgIpc) is 1.91. The first-order valence-electron chi connectivity index (χ1n) is 3.66. The lowest BCUT2D eigenvalue weighted by Gasteiger charge is -2.21. The molecule has 2 heteroatoms. The highest BCUT2D eigenvalue weighted by molar-refractivity contribution is 4.64. The minimum absolute atomic E-state index is 0.865. The van der Waals surface area contributed by atoms with Crippen LogP contribution in [0, 0.1) is 5.92 Å². The summed E-state index contributed by atoms with van der Waals surface area (Å²) < 4.78 is 5.22. The third-order valence-corrected chi connectivity index (χ3v) is 1.83. The van der Waals surface area contributed by atoms with Gasteiger partial charge in [0, 0.05) is 13.2 Å². The molecule has 0 aromatic carbocycles. The standard InChI is InChI=1S/C7H15NO/c1-8-6-7-2-4-9-5-3-7/h7-8H,2-6H2,1H3. The lowest BCUT2D eigenvalue weighted by molar-refractivity contribution is 0.0669. The normalized spacial score (nSPS) is 22.3. The van der Waals surface area contributed by atoms with E-state index in [0.29, 0.717) is 0 Å². The van der Waals surface area contributed by atoms with E-state index in [0.717, 1.165) is 25.7 Å². The summed E-state index contributed by atoms with van der Waals surface area (Å²) in [7, 11) is 2.01. The van der Waals surface area contributed by atoms with Gasteiger partial charge >= 0.3 is 0 Å². The van der Waals surface area contributed by atoms with Crippen LogP contribution in [0.4, 0.5) is 0 Å². The van der Waals surface area contributed by atoms with Crippen molar-refractivity contribution in [1.82, 2.24) is 5.32 Å². The van der Waals surface area contributed by atoms with E-state index in [4.69, 9.17) is 4.74 Å². The Morgan fingerprint density at radius 1 is 1.44 bits per heavy atom. The molecule has 1 heterocycles. The number of hydrogen-bond acceptors (Lipinski definition) is 2. The van der Waals surface area contributed by atoms with Gasteiger partial charge in [0.25, 0.3) is 0 Å². The second kappa shape index (κ2) is 3.85. The van der Waals surface area contributed by atoms with Gasteiger partial charge in [-0.25, -0.2) is 0 Å². The van der Waals surface area contributed by atoms with Gasteiger partial charge in [0.05, 0.1) is 0 Å². The number of hydrogen-bond donors (Lipinski definition) is 1. The van der Waals surface area contributed by atoms with Crippen molar-refractivity contribution in [3.63, 3.8) is 0 Å². The first-order chi connectivity index (χ1) is 4.43. The first-order valence-corrected chi connectivity index (χ1v) is 3.66. The van der Waals surface area contributed by atoms with E-state index >= 15 is 0 Å². The fraction of sp³-hybridized carbons (Fsp3) is 1.00. The zero-order valence-corrected chi connectivity index (χ0v) is 6.02. The van der Waals surface area contributed by atoms with E-state index in [2.05, 4.69) is 5.32 Å². The van der Waals surface area contributed by atoms with E-state index < -0.39 is 0 Å². The molecule has 1 aliphatic heterocycles. The van der Waals surface area contributed by atoms with Gasteiger partial charge in [0.2, 0.25) is 0 Å². The van der Waals surface area contributed by atoms with Crippen molar-refractivity contribution in [3.05, 3.63) is 0 Å². The number of rotatable bonds is 2. The second-order valence-corrected chi connectivity index (χ2v) is 2.61. The summed E-state index contributed by atoms with van der Waals surface area (Å²) in [5, 5.41) is 3.18. The molecule has 0 aliphatic carbocycles. The third kappa shape index (κ3) is 2.33. The van der Waals surface area contributed by atoms with E-state index in [9.17, 15) is 0 Å². The van der Waals surface area contributed by atoms with E-state index in [1.54, 1.807) is 0 Å². The Morgan fingerprint density at radius 3 is 2.67 bits per heavy atom. The van der Waals surface area contributed by atoms with Gasteiger partial charge in [0.15, 0.2) is 0 Å². The zero-order chi connectivity index (χ0) is 6.53. The van der Waals surface area contributed by atoms with Crippen LogP contribution in [0.2, 0.25) is 0 Å². The van der Waals surface area contributed by atoms with E-state index in [1.807, 2.05) is 7.05 Å². The van der Waals surface area contributed by atoms with Crippen LogP contribution < -0.4 is 5.32 Å². The fourth-order valence-corrected chi connectivity index (χ4v) is 1.24. The Bertz CT molecular complexity index is 66.6. The molecule has 1 saturated heterocycles. The van der Waals surface area contributed by atoms with Crippen LogP contribution in [0.3, 0.4) is 0 Å². The molecule has 9 heavy (non-hydrogen) atoms. The topological polar surface area (TPSA) is 21.3 Å². The molecule has 0 aromatic rings. The van der Waals surface area contributed by atoms with E-state index in [1.165, 1.54) is 12.8 Å². The maximum atomic E-state index is 5.22. The van der Waals surface area contributed by atoms with Gasteiger partial charge in [-0.3, -0.25) is 0 Å². The molecule has 1 rings (SSSR count). The molecule has 0 unspecified atom stereocenters. The summed E-state index contributed by atoms with van der Waals surface area (Å²) >= 11 is 0. The molecule has 0 spiro atoms. The maximum Gasteiger partial charge on any atom is 0.0469 e. The monoisotopic (exact) mass is 129 g/mol. The second-order valence-electron chi connectivity index (χ2n) is 2.61. The van der Waals surface area contributed by atoms with Crippen molar-refractivity contribution in [2.75, 3.05) is 26.8 Å².